The Kier molecular flexibility index (Phi) is 9.56. The summed E-state index contributed by atoms with van der Waals surface area (Å²) in [4.78, 5) is 0. The van der Waals surface area contributed by atoms with Gasteiger partial charge in [-0.25, -0.2) is 0 Å². The Hall–Kier alpha value is -2.00. The number of rotatable bonds is 9. The Morgan fingerprint density at radius 3 is 1.73 bits per heavy atom. The van der Waals surface area contributed by atoms with E-state index in [1.165, 1.54) is 93.7 Å². The first-order chi connectivity index (χ1) is 14.8. The van der Waals surface area contributed by atoms with Crippen molar-refractivity contribution in [3.63, 3.8) is 0 Å². The van der Waals surface area contributed by atoms with Crippen LogP contribution in [0.2, 0.25) is 0 Å². The van der Waals surface area contributed by atoms with E-state index in [4.69, 9.17) is 0 Å². The number of hydrogen-bond donors (Lipinski definition) is 0. The van der Waals surface area contributed by atoms with Gasteiger partial charge in [0.2, 0.25) is 0 Å². The quantitative estimate of drug-likeness (QED) is 0.292. The van der Waals surface area contributed by atoms with Gasteiger partial charge in [0.15, 0.2) is 0 Å². The molecule has 0 N–H and O–H groups in total. The Morgan fingerprint density at radius 2 is 1.20 bits per heavy atom. The molecule has 0 heterocycles. The highest BCUT2D eigenvalue weighted by atomic mass is 14.2. The molecule has 0 bridgehead atoms. The highest BCUT2D eigenvalue weighted by molar-refractivity contribution is 5.37. The molecule has 0 amide bonds. The molecule has 160 valence electrons. The zero-order valence-corrected chi connectivity index (χ0v) is 19.3. The third-order valence-corrected chi connectivity index (χ3v) is 6.69. The molecule has 1 saturated carbocycles. The van der Waals surface area contributed by atoms with E-state index in [0.29, 0.717) is 5.92 Å². The summed E-state index contributed by atoms with van der Waals surface area (Å²) < 4.78 is 0. The highest BCUT2D eigenvalue weighted by Gasteiger charge is 2.21. The Balaban J connectivity index is 1.44. The molecule has 0 nitrogen and oxygen atoms in total. The lowest BCUT2D eigenvalue weighted by atomic mass is 9.78. The lowest BCUT2D eigenvalue weighted by molar-refractivity contribution is 0.384. The Bertz CT molecular complexity index is 777. The average Bonchev–Trinajstić information content (AvgIpc) is 2.80. The van der Waals surface area contributed by atoms with E-state index < -0.39 is 0 Å². The van der Waals surface area contributed by atoms with Crippen LogP contribution in [0.5, 0.6) is 0 Å². The van der Waals surface area contributed by atoms with Crippen molar-refractivity contribution in [3.8, 4) is 11.8 Å². The summed E-state index contributed by atoms with van der Waals surface area (Å²) >= 11 is 0. The molecular weight excluding hydrogens is 360 g/mol. The monoisotopic (exact) mass is 400 g/mol. The highest BCUT2D eigenvalue weighted by Crippen LogP contribution is 2.35. The Labute approximate surface area is 185 Å². The first kappa shape index (κ1) is 22.7. The second-order valence-corrected chi connectivity index (χ2v) is 9.17. The van der Waals surface area contributed by atoms with Gasteiger partial charge >= 0.3 is 0 Å². The molecule has 0 aromatic heterocycles. The van der Waals surface area contributed by atoms with Gasteiger partial charge < -0.3 is 0 Å². The van der Waals surface area contributed by atoms with E-state index >= 15 is 0 Å². The predicted octanol–water partition coefficient (Wildman–Crippen LogP) is 8.48. The number of benzene rings is 2. The number of hydrogen-bond acceptors (Lipinski definition) is 0. The molecule has 0 spiro atoms. The molecule has 1 fully saturated rings. The minimum absolute atomic E-state index is 0.568. The average molecular weight is 401 g/mol. The van der Waals surface area contributed by atoms with Gasteiger partial charge in [-0.3, -0.25) is 0 Å². The van der Waals surface area contributed by atoms with Crippen molar-refractivity contribution < 1.29 is 0 Å². The molecule has 2 aromatic carbocycles. The van der Waals surface area contributed by atoms with Gasteiger partial charge in [0.05, 0.1) is 0 Å². The summed E-state index contributed by atoms with van der Waals surface area (Å²) in [5.74, 6) is 8.31. The van der Waals surface area contributed by atoms with E-state index in [1.807, 2.05) is 0 Å². The topological polar surface area (TPSA) is 0 Å². The zero-order chi connectivity index (χ0) is 21.0. The maximum absolute atomic E-state index is 3.57. The summed E-state index contributed by atoms with van der Waals surface area (Å²) in [6.07, 6.45) is 15.4. The van der Waals surface area contributed by atoms with E-state index in [0.717, 1.165) is 5.92 Å². The van der Waals surface area contributed by atoms with Crippen LogP contribution in [0.4, 0.5) is 0 Å². The standard InChI is InChI=1S/C30H40/c1-3-5-7-9-25-11-13-27(14-12-25)15-16-28-19-23-30(24-20-28)29-21-17-26(18-22-29)10-8-6-4-2/h11-14,17-18,21-22,28,30H,3-10,19-20,23-24H2,1-2H3. The number of unbranched alkanes of at least 4 members (excludes halogenated alkanes) is 4. The second kappa shape index (κ2) is 12.6. The number of aryl methyl sites for hydroxylation is 2. The van der Waals surface area contributed by atoms with Crippen LogP contribution in [0.15, 0.2) is 48.5 Å². The van der Waals surface area contributed by atoms with E-state index in [1.54, 1.807) is 5.56 Å². The zero-order valence-electron chi connectivity index (χ0n) is 19.3. The molecule has 0 saturated heterocycles. The molecule has 0 atom stereocenters. The molecular formula is C30H40. The van der Waals surface area contributed by atoms with E-state index in [2.05, 4.69) is 74.2 Å². The summed E-state index contributed by atoms with van der Waals surface area (Å²) in [7, 11) is 0. The van der Waals surface area contributed by atoms with Crippen LogP contribution in [0.3, 0.4) is 0 Å². The molecule has 0 heteroatoms. The van der Waals surface area contributed by atoms with Crippen molar-refractivity contribution in [2.75, 3.05) is 0 Å². The molecule has 30 heavy (non-hydrogen) atoms. The van der Waals surface area contributed by atoms with E-state index in [9.17, 15) is 0 Å². The first-order valence-electron chi connectivity index (χ1n) is 12.5. The van der Waals surface area contributed by atoms with Crippen molar-refractivity contribution in [1.82, 2.24) is 0 Å². The van der Waals surface area contributed by atoms with Crippen LogP contribution < -0.4 is 0 Å². The summed E-state index contributed by atoms with van der Waals surface area (Å²) in [6, 6.07) is 18.5. The normalized spacial score (nSPS) is 18.6. The molecule has 1 aliphatic rings. The maximum atomic E-state index is 3.57. The van der Waals surface area contributed by atoms with Gasteiger partial charge in [-0.2, -0.15) is 0 Å². The summed E-state index contributed by atoms with van der Waals surface area (Å²) in [6.45, 7) is 4.53. The van der Waals surface area contributed by atoms with Crippen LogP contribution in [0.25, 0.3) is 0 Å². The second-order valence-electron chi connectivity index (χ2n) is 9.17. The van der Waals surface area contributed by atoms with Crippen molar-refractivity contribution >= 4 is 0 Å². The van der Waals surface area contributed by atoms with Crippen LogP contribution >= 0.6 is 0 Å². The van der Waals surface area contributed by atoms with Crippen molar-refractivity contribution in [3.05, 3.63) is 70.8 Å². The fraction of sp³-hybridized carbons (Fsp3) is 0.533. The third kappa shape index (κ3) is 7.36. The molecule has 0 radical (unpaired) electrons. The summed E-state index contributed by atoms with van der Waals surface area (Å²) in [5.41, 5.74) is 5.67. The predicted molar refractivity (Wildman–Crippen MR) is 131 cm³/mol. The smallest absolute Gasteiger partial charge is 0.0245 e. The fourth-order valence-corrected chi connectivity index (χ4v) is 4.63. The van der Waals surface area contributed by atoms with Crippen LogP contribution in [0.1, 0.15) is 106 Å². The van der Waals surface area contributed by atoms with Crippen molar-refractivity contribution in [2.45, 2.75) is 96.8 Å². The molecule has 1 aliphatic carbocycles. The minimum atomic E-state index is 0.568. The van der Waals surface area contributed by atoms with Crippen LogP contribution in [0, 0.1) is 17.8 Å². The van der Waals surface area contributed by atoms with Gasteiger partial charge in [0.25, 0.3) is 0 Å². The lowest BCUT2D eigenvalue weighted by Gasteiger charge is -2.26. The largest absolute Gasteiger partial charge is 0.0945 e. The molecule has 3 rings (SSSR count). The summed E-state index contributed by atoms with van der Waals surface area (Å²) in [5, 5.41) is 0. The van der Waals surface area contributed by atoms with Crippen molar-refractivity contribution in [2.24, 2.45) is 5.92 Å². The van der Waals surface area contributed by atoms with Gasteiger partial charge in [0.1, 0.15) is 0 Å². The van der Waals surface area contributed by atoms with E-state index in [-0.39, 0.29) is 0 Å². The van der Waals surface area contributed by atoms with Crippen LogP contribution in [-0.4, -0.2) is 0 Å². The Morgan fingerprint density at radius 1 is 0.667 bits per heavy atom. The SMILES string of the molecule is CCCCCc1ccc(C#CC2CCC(c3ccc(CCCCC)cc3)CC2)cc1. The lowest BCUT2D eigenvalue weighted by Crippen LogP contribution is -2.12. The maximum Gasteiger partial charge on any atom is 0.0245 e. The first-order valence-corrected chi connectivity index (χ1v) is 12.5. The molecule has 0 aliphatic heterocycles. The van der Waals surface area contributed by atoms with Gasteiger partial charge in [-0.1, -0.05) is 87.8 Å². The van der Waals surface area contributed by atoms with Crippen molar-refractivity contribution in [1.29, 1.82) is 0 Å². The minimum Gasteiger partial charge on any atom is -0.0945 e. The molecule has 0 unspecified atom stereocenters. The van der Waals surface area contributed by atoms with Gasteiger partial charge in [-0.05, 0) is 86.1 Å². The van der Waals surface area contributed by atoms with Gasteiger partial charge in [0, 0.05) is 11.5 Å². The van der Waals surface area contributed by atoms with Gasteiger partial charge in [-0.15, -0.1) is 0 Å². The van der Waals surface area contributed by atoms with Crippen LogP contribution in [-0.2, 0) is 12.8 Å². The molecule has 2 aromatic rings. The third-order valence-electron chi connectivity index (χ3n) is 6.69. The fourth-order valence-electron chi connectivity index (χ4n) is 4.63.